The van der Waals surface area contributed by atoms with Gasteiger partial charge in [0.1, 0.15) is 6.04 Å². The summed E-state index contributed by atoms with van der Waals surface area (Å²) < 4.78 is 11.5. The van der Waals surface area contributed by atoms with Crippen LogP contribution in [0.2, 0.25) is 0 Å². The van der Waals surface area contributed by atoms with E-state index in [1.165, 1.54) is 7.11 Å². The van der Waals surface area contributed by atoms with E-state index in [4.69, 9.17) is 4.74 Å². The smallest absolute Gasteiger partial charge is 0.338 e. The van der Waals surface area contributed by atoms with Crippen LogP contribution < -0.4 is 5.32 Å². The number of allylic oxidation sites excluding steroid dienone is 1. The number of hydrogen-bond acceptors (Lipinski definition) is 9. The molecule has 0 saturated heterocycles. The van der Waals surface area contributed by atoms with Crippen LogP contribution in [-0.4, -0.2) is 51.2 Å². The van der Waals surface area contributed by atoms with E-state index in [1.54, 1.807) is 30.8 Å². The second-order valence-electron chi connectivity index (χ2n) is 5.57. The van der Waals surface area contributed by atoms with E-state index >= 15 is 0 Å². The Balaban J connectivity index is 2.01. The zero-order valence-corrected chi connectivity index (χ0v) is 15.9. The van der Waals surface area contributed by atoms with Crippen molar-refractivity contribution in [1.29, 1.82) is 0 Å². The third kappa shape index (κ3) is 3.95. The average molecular weight is 389 g/mol. The monoisotopic (exact) mass is 389 g/mol. The molecule has 1 N–H and O–H groups in total. The van der Waals surface area contributed by atoms with E-state index < -0.39 is 12.0 Å². The maximum absolute atomic E-state index is 12.6. The zero-order valence-electron chi connectivity index (χ0n) is 15.1. The number of anilines is 1. The van der Waals surface area contributed by atoms with Gasteiger partial charge in [-0.15, -0.1) is 5.10 Å². The summed E-state index contributed by atoms with van der Waals surface area (Å²) in [5.74, 6) is -0.263. The van der Waals surface area contributed by atoms with Crippen molar-refractivity contribution in [3.05, 3.63) is 41.4 Å². The first-order valence-corrected chi connectivity index (χ1v) is 9.25. The molecule has 3 heterocycles. The fourth-order valence-corrected chi connectivity index (χ4v) is 3.32. The van der Waals surface area contributed by atoms with Crippen molar-refractivity contribution in [2.45, 2.75) is 25.0 Å². The molecule has 0 unspecified atom stereocenters. The fourth-order valence-electron chi connectivity index (χ4n) is 2.66. The number of pyridine rings is 1. The van der Waals surface area contributed by atoms with Gasteiger partial charge >= 0.3 is 11.9 Å². The molecule has 1 aliphatic heterocycles. The SMILES string of the molecule is CCOC(=O)C1=C(C)Nc2nc(SCC(=O)OC)nn2[C@H]1c1ccccn1. The third-order valence-electron chi connectivity index (χ3n) is 3.84. The Bertz CT molecular complexity index is 881. The lowest BCUT2D eigenvalue weighted by Gasteiger charge is -2.27. The molecule has 0 radical (unpaired) electrons. The number of fused-ring (bicyclic) bond motifs is 1. The first-order valence-electron chi connectivity index (χ1n) is 8.27. The third-order valence-corrected chi connectivity index (χ3v) is 4.65. The van der Waals surface area contributed by atoms with Crippen LogP contribution in [0.15, 0.2) is 40.8 Å². The number of methoxy groups -OCH3 is 1. The van der Waals surface area contributed by atoms with E-state index in [9.17, 15) is 9.59 Å². The number of esters is 2. The minimum Gasteiger partial charge on any atom is -0.468 e. The molecule has 2 aromatic rings. The van der Waals surface area contributed by atoms with Crippen molar-refractivity contribution < 1.29 is 19.1 Å². The lowest BCUT2D eigenvalue weighted by atomic mass is 10.00. The Morgan fingerprint density at radius 3 is 2.85 bits per heavy atom. The van der Waals surface area contributed by atoms with Crippen molar-refractivity contribution in [3.63, 3.8) is 0 Å². The highest BCUT2D eigenvalue weighted by Gasteiger charge is 2.36. The van der Waals surface area contributed by atoms with Gasteiger partial charge in [-0.1, -0.05) is 17.8 Å². The highest BCUT2D eigenvalue weighted by molar-refractivity contribution is 7.99. The summed E-state index contributed by atoms with van der Waals surface area (Å²) in [6, 6.07) is 4.87. The standard InChI is InChI=1S/C17H19N5O4S/c1-4-26-15(24)13-10(2)19-16-20-17(27-9-12(23)25-3)21-22(16)14(13)11-7-5-6-8-18-11/h5-8,14H,4,9H2,1-3H3,(H,19,20,21)/t14-/m0/s1. The van der Waals surface area contributed by atoms with E-state index in [1.807, 2.05) is 12.1 Å². The molecule has 0 fully saturated rings. The van der Waals surface area contributed by atoms with Gasteiger partial charge in [-0.25, -0.2) is 9.48 Å². The molecule has 27 heavy (non-hydrogen) atoms. The van der Waals surface area contributed by atoms with E-state index in [-0.39, 0.29) is 18.3 Å². The summed E-state index contributed by atoms with van der Waals surface area (Å²) in [5.41, 5.74) is 1.67. The van der Waals surface area contributed by atoms with Crippen molar-refractivity contribution in [3.8, 4) is 0 Å². The first-order chi connectivity index (χ1) is 13.0. The molecular weight excluding hydrogens is 370 g/mol. The van der Waals surface area contributed by atoms with Gasteiger partial charge in [0.25, 0.3) is 0 Å². The predicted molar refractivity (Wildman–Crippen MR) is 98.1 cm³/mol. The van der Waals surface area contributed by atoms with Gasteiger partial charge in [-0.2, -0.15) is 4.98 Å². The Morgan fingerprint density at radius 2 is 2.19 bits per heavy atom. The minimum absolute atomic E-state index is 0.0886. The number of hydrogen-bond donors (Lipinski definition) is 1. The number of rotatable bonds is 6. The number of aromatic nitrogens is 4. The summed E-state index contributed by atoms with van der Waals surface area (Å²) >= 11 is 1.15. The molecule has 142 valence electrons. The molecule has 0 bridgehead atoms. The lowest BCUT2D eigenvalue weighted by molar-refractivity contribution is -0.139. The highest BCUT2D eigenvalue weighted by Crippen LogP contribution is 2.35. The van der Waals surface area contributed by atoms with Crippen molar-refractivity contribution in [1.82, 2.24) is 19.7 Å². The van der Waals surface area contributed by atoms with E-state index in [2.05, 4.69) is 25.1 Å². The van der Waals surface area contributed by atoms with Crippen LogP contribution in [-0.2, 0) is 19.1 Å². The second kappa shape index (κ2) is 8.21. The quantitative estimate of drug-likeness (QED) is 0.584. The van der Waals surface area contributed by atoms with Crippen molar-refractivity contribution >= 4 is 29.6 Å². The van der Waals surface area contributed by atoms with Crippen molar-refractivity contribution in [2.24, 2.45) is 0 Å². The van der Waals surface area contributed by atoms with E-state index in [0.717, 1.165) is 11.8 Å². The molecule has 10 heteroatoms. The van der Waals surface area contributed by atoms with Crippen LogP contribution in [0.3, 0.4) is 0 Å². The maximum Gasteiger partial charge on any atom is 0.338 e. The number of carbonyl (C=O) groups excluding carboxylic acids is 2. The molecule has 1 atom stereocenters. The molecule has 0 spiro atoms. The van der Waals surface area contributed by atoms with Crippen LogP contribution in [0.25, 0.3) is 0 Å². The van der Waals surface area contributed by atoms with Gasteiger partial charge in [-0.05, 0) is 26.0 Å². The normalized spacial score (nSPS) is 15.7. The van der Waals surface area contributed by atoms with Gasteiger partial charge in [0, 0.05) is 11.9 Å². The first kappa shape index (κ1) is 18.9. The van der Waals surface area contributed by atoms with Crippen LogP contribution >= 0.6 is 11.8 Å². The van der Waals surface area contributed by atoms with Gasteiger partial charge in [-0.3, -0.25) is 9.78 Å². The maximum atomic E-state index is 12.6. The molecule has 0 amide bonds. The highest BCUT2D eigenvalue weighted by atomic mass is 32.2. The predicted octanol–water partition coefficient (Wildman–Crippen LogP) is 1.79. The number of nitrogens with one attached hydrogen (secondary N) is 1. The molecular formula is C17H19N5O4S. The number of thioether (sulfide) groups is 1. The molecule has 0 saturated carbocycles. The molecule has 1 aliphatic rings. The van der Waals surface area contributed by atoms with Crippen LogP contribution in [0, 0.1) is 0 Å². The average Bonchev–Trinajstić information content (AvgIpc) is 3.08. The summed E-state index contributed by atoms with van der Waals surface area (Å²) in [6.07, 6.45) is 1.65. The largest absolute Gasteiger partial charge is 0.468 e. The summed E-state index contributed by atoms with van der Waals surface area (Å²) in [4.78, 5) is 32.8. The molecule has 0 aromatic carbocycles. The Hall–Kier alpha value is -2.88. The Morgan fingerprint density at radius 1 is 1.37 bits per heavy atom. The molecule has 9 nitrogen and oxygen atoms in total. The summed E-state index contributed by atoms with van der Waals surface area (Å²) in [6.45, 7) is 3.79. The Labute approximate surface area is 160 Å². The van der Waals surface area contributed by atoms with Crippen LogP contribution in [0.1, 0.15) is 25.6 Å². The fraction of sp³-hybridized carbons (Fsp3) is 0.353. The summed E-state index contributed by atoms with van der Waals surface area (Å²) in [7, 11) is 1.33. The molecule has 0 aliphatic carbocycles. The second-order valence-corrected chi connectivity index (χ2v) is 6.51. The van der Waals surface area contributed by atoms with Crippen LogP contribution in [0.4, 0.5) is 5.95 Å². The van der Waals surface area contributed by atoms with Crippen molar-refractivity contribution in [2.75, 3.05) is 24.8 Å². The lowest BCUT2D eigenvalue weighted by Crippen LogP contribution is -2.30. The Kier molecular flexibility index (Phi) is 5.75. The molecule has 3 rings (SSSR count). The minimum atomic E-state index is -0.582. The molecule has 2 aromatic heterocycles. The van der Waals surface area contributed by atoms with Gasteiger partial charge in [0.2, 0.25) is 11.1 Å². The van der Waals surface area contributed by atoms with Crippen LogP contribution in [0.5, 0.6) is 0 Å². The number of ether oxygens (including phenoxy) is 2. The number of carbonyl (C=O) groups is 2. The van der Waals surface area contributed by atoms with Gasteiger partial charge in [0.15, 0.2) is 0 Å². The summed E-state index contributed by atoms with van der Waals surface area (Å²) in [5, 5.41) is 7.93. The van der Waals surface area contributed by atoms with E-state index in [0.29, 0.717) is 28.1 Å². The number of nitrogens with zero attached hydrogens (tertiary/aromatic N) is 4. The van der Waals surface area contributed by atoms with Gasteiger partial charge in [0.05, 0.1) is 30.7 Å². The topological polar surface area (TPSA) is 108 Å². The zero-order chi connectivity index (χ0) is 19.4. The van der Waals surface area contributed by atoms with Gasteiger partial charge < -0.3 is 14.8 Å².